The van der Waals surface area contributed by atoms with Gasteiger partial charge in [-0.05, 0) is 0 Å². The van der Waals surface area contributed by atoms with Crippen LogP contribution in [0.3, 0.4) is 0 Å². The molecule has 27 heavy (non-hydrogen) atoms. The Morgan fingerprint density at radius 1 is 0.926 bits per heavy atom. The van der Waals surface area contributed by atoms with Crippen LogP contribution in [0.5, 0.6) is 0 Å². The van der Waals surface area contributed by atoms with Crippen molar-refractivity contribution >= 4 is 33.0 Å². The molecule has 2 rings (SSSR count). The fourth-order valence-electron chi connectivity index (χ4n) is 4.10. The summed E-state index contributed by atoms with van der Waals surface area (Å²) >= 11 is -2.78. The van der Waals surface area contributed by atoms with Crippen molar-refractivity contribution < 1.29 is 13.2 Å². The number of benzene rings is 1. The molecule has 0 aliphatic rings. The summed E-state index contributed by atoms with van der Waals surface area (Å²) in [7, 11) is 1.79. The Labute approximate surface area is 165 Å². The SMILES string of the molecule is CCC[CH2][Sn]([CH2]CCC)([CH2]CCC)[c]1nn(C)c2cc(C(F)(F)F)ccc12. The Morgan fingerprint density at radius 2 is 1.44 bits per heavy atom. The third kappa shape index (κ3) is 5.21. The van der Waals surface area contributed by atoms with Gasteiger partial charge in [-0.2, -0.15) is 0 Å². The van der Waals surface area contributed by atoms with Crippen LogP contribution in [-0.4, -0.2) is 28.2 Å². The fraction of sp³-hybridized carbons (Fsp3) is 0.667. The quantitative estimate of drug-likeness (QED) is 0.342. The van der Waals surface area contributed by atoms with Gasteiger partial charge in [-0.1, -0.05) is 0 Å². The second kappa shape index (κ2) is 9.66. The van der Waals surface area contributed by atoms with Gasteiger partial charge in [-0.15, -0.1) is 0 Å². The molecule has 0 bridgehead atoms. The van der Waals surface area contributed by atoms with Crippen LogP contribution in [-0.2, 0) is 13.2 Å². The van der Waals surface area contributed by atoms with E-state index in [9.17, 15) is 13.2 Å². The second-order valence-corrected chi connectivity index (χ2v) is 20.7. The van der Waals surface area contributed by atoms with Gasteiger partial charge in [0.1, 0.15) is 0 Å². The molecule has 0 aliphatic heterocycles. The Kier molecular flexibility index (Phi) is 8.07. The second-order valence-electron chi connectivity index (χ2n) is 7.79. The maximum atomic E-state index is 13.2. The number of unbranched alkanes of at least 4 members (excludes halogenated alkanes) is 3. The molecule has 0 fully saturated rings. The average Bonchev–Trinajstić information content (AvgIpc) is 2.98. The van der Waals surface area contributed by atoms with Crippen molar-refractivity contribution in [1.82, 2.24) is 9.78 Å². The van der Waals surface area contributed by atoms with E-state index in [-0.39, 0.29) is 0 Å². The van der Waals surface area contributed by atoms with Gasteiger partial charge in [-0.3, -0.25) is 0 Å². The number of hydrogen-bond donors (Lipinski definition) is 0. The minimum atomic E-state index is -4.31. The molecule has 0 atom stereocenters. The molecular formula is C21H33F3N2Sn. The van der Waals surface area contributed by atoms with Gasteiger partial charge in [0.15, 0.2) is 0 Å². The molecule has 0 spiro atoms. The van der Waals surface area contributed by atoms with Crippen molar-refractivity contribution in [3.8, 4) is 0 Å². The van der Waals surface area contributed by atoms with Crippen molar-refractivity contribution in [1.29, 1.82) is 0 Å². The third-order valence-electron chi connectivity index (χ3n) is 5.71. The number of rotatable bonds is 10. The standard InChI is InChI=1S/C9H6F3N2.3C4H9.Sn/c1-14-8-4-7(9(10,11)12)3-2-6(8)5-13-14;3*1-3-4-2;/h2-4H,1H3;3*1,3-4H2,2H3;. The van der Waals surface area contributed by atoms with E-state index in [2.05, 4.69) is 20.8 Å². The van der Waals surface area contributed by atoms with E-state index in [0.717, 1.165) is 5.39 Å². The number of nitrogens with zero attached hydrogens (tertiary/aromatic N) is 2. The Bertz CT molecular complexity index is 715. The van der Waals surface area contributed by atoms with Crippen LogP contribution in [0, 0.1) is 0 Å². The molecule has 0 N–H and O–H groups in total. The molecule has 2 nitrogen and oxygen atoms in total. The summed E-state index contributed by atoms with van der Waals surface area (Å²) in [6.45, 7) is 6.67. The van der Waals surface area contributed by atoms with Gasteiger partial charge in [0.2, 0.25) is 0 Å². The molecule has 1 aromatic heterocycles. The molecule has 152 valence electrons. The summed E-state index contributed by atoms with van der Waals surface area (Å²) in [6, 6.07) is 4.21. The summed E-state index contributed by atoms with van der Waals surface area (Å²) in [5, 5.41) is 5.86. The average molecular weight is 489 g/mol. The number of fused-ring (bicyclic) bond motifs is 1. The topological polar surface area (TPSA) is 17.8 Å². The molecule has 1 aromatic carbocycles. The van der Waals surface area contributed by atoms with E-state index in [1.807, 2.05) is 0 Å². The first-order valence-electron chi connectivity index (χ1n) is 10.3. The molecule has 0 saturated heterocycles. The molecule has 0 saturated carbocycles. The van der Waals surface area contributed by atoms with E-state index in [1.165, 1.54) is 67.7 Å². The number of halogens is 3. The molecule has 0 radical (unpaired) electrons. The predicted octanol–water partition coefficient (Wildman–Crippen LogP) is 6.65. The zero-order valence-electron chi connectivity index (χ0n) is 17.1. The molecule has 0 aliphatic carbocycles. The first-order valence-corrected chi connectivity index (χ1v) is 17.8. The van der Waals surface area contributed by atoms with Crippen LogP contribution in [0.1, 0.15) is 64.9 Å². The number of alkyl halides is 3. The molecule has 2 aromatic rings. The molecule has 6 heteroatoms. The molecule has 0 amide bonds. The fourth-order valence-corrected chi connectivity index (χ4v) is 20.4. The van der Waals surface area contributed by atoms with E-state index >= 15 is 0 Å². The summed E-state index contributed by atoms with van der Waals surface area (Å²) in [4.78, 5) is 0. The Balaban J connectivity index is 2.60. The van der Waals surface area contributed by atoms with Gasteiger partial charge in [0.25, 0.3) is 0 Å². The van der Waals surface area contributed by atoms with Crippen molar-refractivity contribution in [2.24, 2.45) is 7.05 Å². The van der Waals surface area contributed by atoms with Crippen molar-refractivity contribution in [2.75, 3.05) is 0 Å². The van der Waals surface area contributed by atoms with Gasteiger partial charge < -0.3 is 0 Å². The molecule has 0 unspecified atom stereocenters. The summed E-state index contributed by atoms with van der Waals surface area (Å²) < 4.78 is 46.2. The van der Waals surface area contributed by atoms with Gasteiger partial charge in [0.05, 0.1) is 0 Å². The predicted molar refractivity (Wildman–Crippen MR) is 110 cm³/mol. The van der Waals surface area contributed by atoms with Crippen LogP contribution in [0.15, 0.2) is 18.2 Å². The van der Waals surface area contributed by atoms with Crippen LogP contribution < -0.4 is 3.71 Å². The van der Waals surface area contributed by atoms with E-state index in [4.69, 9.17) is 5.10 Å². The third-order valence-corrected chi connectivity index (χ3v) is 20.9. The van der Waals surface area contributed by atoms with Crippen molar-refractivity contribution in [2.45, 2.75) is 78.8 Å². The van der Waals surface area contributed by atoms with Crippen molar-refractivity contribution in [3.63, 3.8) is 0 Å². The number of aryl methyl sites for hydroxylation is 1. The van der Waals surface area contributed by atoms with E-state index in [0.29, 0.717) is 5.52 Å². The molecular weight excluding hydrogens is 456 g/mol. The Morgan fingerprint density at radius 3 is 1.89 bits per heavy atom. The zero-order valence-corrected chi connectivity index (χ0v) is 20.0. The van der Waals surface area contributed by atoms with Crippen molar-refractivity contribution in [3.05, 3.63) is 23.8 Å². The summed E-state index contributed by atoms with van der Waals surface area (Å²) in [5.41, 5.74) is 0.0476. The van der Waals surface area contributed by atoms with Crippen LogP contribution in [0.2, 0.25) is 13.3 Å². The van der Waals surface area contributed by atoms with E-state index < -0.39 is 30.1 Å². The minimum absolute atomic E-state index is 0.582. The number of hydrogen-bond acceptors (Lipinski definition) is 1. The molecule has 1 heterocycles. The van der Waals surface area contributed by atoms with Gasteiger partial charge in [0, 0.05) is 0 Å². The van der Waals surface area contributed by atoms with Crippen LogP contribution >= 0.6 is 0 Å². The monoisotopic (exact) mass is 490 g/mol. The summed E-state index contributed by atoms with van der Waals surface area (Å²) in [5.74, 6) is 0. The van der Waals surface area contributed by atoms with Gasteiger partial charge >= 0.3 is 166 Å². The zero-order chi connectivity index (χ0) is 20.1. The Hall–Kier alpha value is -0.721. The first kappa shape index (κ1) is 22.6. The number of aromatic nitrogens is 2. The van der Waals surface area contributed by atoms with E-state index in [1.54, 1.807) is 17.8 Å². The van der Waals surface area contributed by atoms with Crippen LogP contribution in [0.4, 0.5) is 13.2 Å². The maximum absolute atomic E-state index is 13.2. The normalized spacial score (nSPS) is 12.9. The van der Waals surface area contributed by atoms with Crippen LogP contribution in [0.25, 0.3) is 10.9 Å². The van der Waals surface area contributed by atoms with Gasteiger partial charge in [-0.25, -0.2) is 0 Å². The summed E-state index contributed by atoms with van der Waals surface area (Å²) in [6.07, 6.45) is 2.82. The first-order chi connectivity index (χ1) is 12.8.